The number of nitrogens with one attached hydrogen (secondary N) is 6. The normalized spacial score (nSPS) is 12.5. The predicted octanol–water partition coefficient (Wildman–Crippen LogP) is 6.90. The average Bonchev–Trinajstić information content (AvgIpc) is 3.65. The van der Waals surface area contributed by atoms with E-state index in [0.717, 1.165) is 27.9 Å². The van der Waals surface area contributed by atoms with E-state index in [1.54, 1.807) is 24.3 Å². The fourth-order valence-corrected chi connectivity index (χ4v) is 5.63. The first kappa shape index (κ1) is 38.0. The van der Waals surface area contributed by atoms with Crippen LogP contribution in [-0.4, -0.2) is 43.4 Å². The molecular weight excluding hydrogens is 676 g/mol. The van der Waals surface area contributed by atoms with Gasteiger partial charge in [0.25, 0.3) is 0 Å². The zero-order valence-electron chi connectivity index (χ0n) is 29.9. The molecule has 1 heterocycles. The third-order valence-electron chi connectivity index (χ3n) is 8.61. The van der Waals surface area contributed by atoms with Gasteiger partial charge >= 0.3 is 18.2 Å². The van der Waals surface area contributed by atoms with Crippen LogP contribution in [-0.2, 0) is 22.7 Å². The molecule has 1 aliphatic rings. The zero-order valence-corrected chi connectivity index (χ0v) is 29.9. The molecule has 4 aromatic carbocycles. The molecule has 6 amide bonds. The van der Waals surface area contributed by atoms with Gasteiger partial charge in [-0.05, 0) is 85.2 Å². The fourth-order valence-electron chi connectivity index (χ4n) is 5.63. The second kappa shape index (κ2) is 19.4. The molecule has 6 N–H and O–H groups in total. The van der Waals surface area contributed by atoms with Gasteiger partial charge in [-0.1, -0.05) is 73.7 Å². The number of anilines is 2. The van der Waals surface area contributed by atoms with Crippen LogP contribution in [0.2, 0.25) is 0 Å². The minimum Gasteiger partial charge on any atom is -0.454 e. The highest BCUT2D eigenvalue weighted by Crippen LogP contribution is 2.34. The molecule has 0 saturated heterocycles. The number of amides is 6. The van der Waals surface area contributed by atoms with Gasteiger partial charge in [-0.3, -0.25) is 4.79 Å². The average molecular weight is 723 g/mol. The zero-order chi connectivity index (χ0) is 37.4. The number of aryl methyl sites for hydroxylation is 1. The number of hydrogen-bond donors (Lipinski definition) is 6. The van der Waals surface area contributed by atoms with Crippen molar-refractivity contribution in [3.63, 3.8) is 0 Å². The number of unbranched alkanes of at least 4 members (excludes halogenated alkanes) is 1. The van der Waals surface area contributed by atoms with Crippen molar-refractivity contribution in [3.8, 4) is 11.5 Å². The van der Waals surface area contributed by atoms with Gasteiger partial charge in [0.1, 0.15) is 12.6 Å². The summed E-state index contributed by atoms with van der Waals surface area (Å²) in [4.78, 5) is 51.4. The summed E-state index contributed by atoms with van der Waals surface area (Å²) in [6.45, 7) is 4.74. The van der Waals surface area contributed by atoms with Crippen LogP contribution in [0.5, 0.6) is 11.5 Å². The van der Waals surface area contributed by atoms with Gasteiger partial charge in [0.2, 0.25) is 12.7 Å². The molecule has 0 aromatic heterocycles. The van der Waals surface area contributed by atoms with E-state index in [0.29, 0.717) is 49.4 Å². The molecular formula is C40H46N6O7. The smallest absolute Gasteiger partial charge is 0.407 e. The van der Waals surface area contributed by atoms with Crippen LogP contribution in [0, 0.1) is 6.92 Å². The largest absolute Gasteiger partial charge is 0.454 e. The number of carbonyl (C=O) groups is 4. The Balaban J connectivity index is 1.13. The van der Waals surface area contributed by atoms with Crippen molar-refractivity contribution in [2.75, 3.05) is 24.0 Å². The second-order valence-corrected chi connectivity index (χ2v) is 12.5. The molecule has 0 bridgehead atoms. The van der Waals surface area contributed by atoms with Crippen LogP contribution in [0.4, 0.5) is 25.8 Å². The maximum absolute atomic E-state index is 13.5. The Morgan fingerprint density at radius 2 is 1.51 bits per heavy atom. The second-order valence-electron chi connectivity index (χ2n) is 12.5. The molecule has 0 saturated carbocycles. The highest BCUT2D eigenvalue weighted by Gasteiger charge is 2.23. The first-order valence-electron chi connectivity index (χ1n) is 17.7. The minimum atomic E-state index is -0.847. The first-order chi connectivity index (χ1) is 25.8. The number of urea groups is 2. The first-order valence-corrected chi connectivity index (χ1v) is 17.7. The lowest BCUT2D eigenvalue weighted by molar-refractivity contribution is -0.123. The maximum atomic E-state index is 13.5. The van der Waals surface area contributed by atoms with Crippen molar-refractivity contribution in [1.29, 1.82) is 0 Å². The number of alkyl carbamates (subject to hydrolysis) is 1. The predicted molar refractivity (Wildman–Crippen MR) is 202 cm³/mol. The molecule has 0 spiro atoms. The Hall–Kier alpha value is -6.24. The number of benzene rings is 4. The van der Waals surface area contributed by atoms with Crippen molar-refractivity contribution in [3.05, 3.63) is 119 Å². The highest BCUT2D eigenvalue weighted by molar-refractivity contribution is 6.00. The molecule has 278 valence electrons. The van der Waals surface area contributed by atoms with E-state index in [9.17, 15) is 19.2 Å². The van der Waals surface area contributed by atoms with Gasteiger partial charge in [-0.25, -0.2) is 14.4 Å². The summed E-state index contributed by atoms with van der Waals surface area (Å²) >= 11 is 0. The summed E-state index contributed by atoms with van der Waals surface area (Å²) in [7, 11) is 0. The van der Waals surface area contributed by atoms with Gasteiger partial charge < -0.3 is 46.1 Å². The van der Waals surface area contributed by atoms with E-state index >= 15 is 0 Å². The number of para-hydroxylation sites is 1. The highest BCUT2D eigenvalue weighted by atomic mass is 16.7. The third-order valence-corrected chi connectivity index (χ3v) is 8.61. The van der Waals surface area contributed by atoms with Crippen molar-refractivity contribution < 1.29 is 33.4 Å². The summed E-state index contributed by atoms with van der Waals surface area (Å²) in [6, 6.07) is 27.5. The molecule has 0 aliphatic carbocycles. The summed E-state index contributed by atoms with van der Waals surface area (Å²) in [6.07, 6.45) is 1.52. The van der Waals surface area contributed by atoms with E-state index < -0.39 is 18.2 Å². The Labute approximate surface area is 309 Å². The van der Waals surface area contributed by atoms with Crippen LogP contribution in [0.15, 0.2) is 97.1 Å². The van der Waals surface area contributed by atoms with Crippen molar-refractivity contribution in [2.45, 2.75) is 64.8 Å². The van der Waals surface area contributed by atoms with E-state index in [4.69, 9.17) is 14.2 Å². The van der Waals surface area contributed by atoms with Crippen molar-refractivity contribution in [2.24, 2.45) is 0 Å². The van der Waals surface area contributed by atoms with Crippen LogP contribution in [0.3, 0.4) is 0 Å². The van der Waals surface area contributed by atoms with E-state index in [2.05, 4.69) is 31.9 Å². The Morgan fingerprint density at radius 1 is 0.755 bits per heavy atom. The summed E-state index contributed by atoms with van der Waals surface area (Å²) in [5.74, 6) is 0.914. The van der Waals surface area contributed by atoms with Crippen molar-refractivity contribution in [1.82, 2.24) is 21.3 Å². The van der Waals surface area contributed by atoms with Crippen LogP contribution >= 0.6 is 0 Å². The Morgan fingerprint density at radius 3 is 2.28 bits per heavy atom. The van der Waals surface area contributed by atoms with E-state index in [1.807, 2.05) is 86.6 Å². The SMILES string of the molecule is CC[C@H](NC(=O)N[C@@H](CCCCNC(=O)OCc1ccccc1)C(=O)NCc1ccc(NC(=O)Nc2ccccc2C)cc1)c1ccc2c(c1)OCO2. The van der Waals surface area contributed by atoms with Gasteiger partial charge in [-0.2, -0.15) is 0 Å². The molecule has 5 rings (SSSR count). The maximum Gasteiger partial charge on any atom is 0.407 e. The summed E-state index contributed by atoms with van der Waals surface area (Å²) < 4.78 is 16.2. The van der Waals surface area contributed by atoms with Crippen LogP contribution in [0.1, 0.15) is 60.9 Å². The fraction of sp³-hybridized carbons (Fsp3) is 0.300. The lowest BCUT2D eigenvalue weighted by Crippen LogP contribution is -2.50. The van der Waals surface area contributed by atoms with Gasteiger partial charge in [-0.15, -0.1) is 0 Å². The summed E-state index contributed by atoms with van der Waals surface area (Å²) in [5.41, 5.74) is 4.80. The molecule has 2 atom stereocenters. The molecule has 0 radical (unpaired) electrons. The molecule has 0 fully saturated rings. The van der Waals surface area contributed by atoms with Crippen LogP contribution in [0.25, 0.3) is 0 Å². The summed E-state index contributed by atoms with van der Waals surface area (Å²) in [5, 5.41) is 17.1. The topological polar surface area (TPSA) is 168 Å². The lowest BCUT2D eigenvalue weighted by atomic mass is 10.0. The number of ether oxygens (including phenoxy) is 3. The van der Waals surface area contributed by atoms with Gasteiger partial charge in [0, 0.05) is 24.5 Å². The molecule has 1 aliphatic heterocycles. The monoisotopic (exact) mass is 722 g/mol. The number of hydrogen-bond acceptors (Lipinski definition) is 7. The van der Waals surface area contributed by atoms with Crippen LogP contribution < -0.4 is 41.4 Å². The number of rotatable bonds is 16. The van der Waals surface area contributed by atoms with Gasteiger partial charge in [0.15, 0.2) is 11.5 Å². The van der Waals surface area contributed by atoms with Crippen molar-refractivity contribution >= 4 is 35.4 Å². The molecule has 13 nitrogen and oxygen atoms in total. The van der Waals surface area contributed by atoms with E-state index in [1.165, 1.54) is 0 Å². The molecule has 53 heavy (non-hydrogen) atoms. The standard InChI is InChI=1S/C40H46N6O7/c1-3-32(30-18-21-35-36(23-30)53-26-52-35)44-39(49)46-34(15-9-10-22-41-40(50)51-25-29-12-5-4-6-13-29)37(47)42-24-28-16-19-31(20-17-28)43-38(48)45-33-14-8-7-11-27(33)2/h4-8,11-14,16-21,23,32,34H,3,9-10,15,22,24-26H2,1-2H3,(H,41,50)(H,42,47)(H2,43,45,48)(H2,44,46,49)/t32-,34-/m0/s1. The van der Waals surface area contributed by atoms with E-state index in [-0.39, 0.29) is 37.9 Å². The Bertz CT molecular complexity index is 1840. The Kier molecular flexibility index (Phi) is 13.9. The van der Waals surface area contributed by atoms with Gasteiger partial charge in [0.05, 0.1) is 6.04 Å². The molecule has 4 aromatic rings. The molecule has 13 heteroatoms. The number of fused-ring (bicyclic) bond motifs is 1. The third kappa shape index (κ3) is 11.9. The lowest BCUT2D eigenvalue weighted by Gasteiger charge is -2.22. The number of carbonyl (C=O) groups excluding carboxylic acids is 4. The minimum absolute atomic E-state index is 0.150. The molecule has 0 unspecified atom stereocenters. The quantitative estimate of drug-likeness (QED) is 0.0684.